The number of hydrogen-bond acceptors (Lipinski definition) is 8. The number of aryl methyl sites for hydroxylation is 2. The maximum Gasteiger partial charge on any atom is 0.228 e. The van der Waals surface area contributed by atoms with Crippen molar-refractivity contribution in [3.8, 4) is 0 Å². The molecule has 134 valence electrons. The minimum absolute atomic E-state index is 0.220. The third kappa shape index (κ3) is 3.68. The van der Waals surface area contributed by atoms with Crippen molar-refractivity contribution in [1.29, 1.82) is 0 Å². The Morgan fingerprint density at radius 2 is 1.64 bits per heavy atom. The Morgan fingerprint density at radius 1 is 1.04 bits per heavy atom. The van der Waals surface area contributed by atoms with E-state index in [0.717, 1.165) is 36.5 Å². The van der Waals surface area contributed by atoms with E-state index in [1.165, 1.54) is 0 Å². The van der Waals surface area contributed by atoms with Gasteiger partial charge in [-0.1, -0.05) is 0 Å². The Labute approximate surface area is 148 Å². The number of hydrogen-bond donors (Lipinski definition) is 1. The van der Waals surface area contributed by atoms with Crippen LogP contribution in [0.3, 0.4) is 0 Å². The van der Waals surface area contributed by atoms with Gasteiger partial charge in [0.25, 0.3) is 0 Å². The highest BCUT2D eigenvalue weighted by atomic mass is 16.3. The summed E-state index contributed by atoms with van der Waals surface area (Å²) in [4.78, 5) is 26.4. The van der Waals surface area contributed by atoms with Gasteiger partial charge in [-0.05, 0) is 40.7 Å². The molecule has 3 atom stereocenters. The summed E-state index contributed by atoms with van der Waals surface area (Å²) >= 11 is 0. The molecule has 1 fully saturated rings. The van der Waals surface area contributed by atoms with Gasteiger partial charge in [0.05, 0.1) is 0 Å². The predicted molar refractivity (Wildman–Crippen MR) is 95.6 cm³/mol. The molecule has 1 saturated heterocycles. The highest BCUT2D eigenvalue weighted by Crippen LogP contribution is 2.25. The smallest absolute Gasteiger partial charge is 0.228 e. The Hall–Kier alpha value is -2.35. The second kappa shape index (κ2) is 6.87. The zero-order valence-corrected chi connectivity index (χ0v) is 15.4. The third-order valence-electron chi connectivity index (χ3n) is 4.35. The quantitative estimate of drug-likeness (QED) is 0.895. The molecule has 8 nitrogen and oxygen atoms in total. The lowest BCUT2D eigenvalue weighted by Gasteiger charge is -2.45. The number of piperazine rings is 1. The van der Waals surface area contributed by atoms with Crippen LogP contribution >= 0.6 is 0 Å². The molecule has 1 aliphatic rings. The molecule has 0 aliphatic carbocycles. The van der Waals surface area contributed by atoms with E-state index in [2.05, 4.69) is 48.6 Å². The van der Waals surface area contributed by atoms with E-state index in [-0.39, 0.29) is 12.1 Å². The molecule has 2 aromatic rings. The zero-order chi connectivity index (χ0) is 18.1. The Kier molecular flexibility index (Phi) is 4.80. The van der Waals surface area contributed by atoms with Crippen LogP contribution in [0.2, 0.25) is 0 Å². The molecule has 0 aromatic carbocycles. The molecule has 0 radical (unpaired) electrons. The molecule has 2 aromatic heterocycles. The molecule has 0 saturated carbocycles. The largest absolute Gasteiger partial charge is 0.385 e. The summed E-state index contributed by atoms with van der Waals surface area (Å²) in [5.41, 5.74) is 0. The van der Waals surface area contributed by atoms with Crippen molar-refractivity contribution < 1.29 is 5.11 Å². The molecule has 1 unspecified atom stereocenters. The van der Waals surface area contributed by atoms with Gasteiger partial charge in [0, 0.05) is 31.4 Å². The fraction of sp³-hybridized carbons (Fsp3) is 0.588. The molecule has 0 spiro atoms. The first kappa shape index (κ1) is 17.5. The average molecular weight is 343 g/mol. The van der Waals surface area contributed by atoms with Crippen molar-refractivity contribution >= 4 is 11.8 Å². The van der Waals surface area contributed by atoms with E-state index in [1.54, 1.807) is 13.1 Å². The number of anilines is 2. The maximum atomic E-state index is 9.75. The van der Waals surface area contributed by atoms with Crippen LogP contribution in [0.4, 0.5) is 11.8 Å². The molecule has 3 rings (SSSR count). The van der Waals surface area contributed by atoms with Crippen LogP contribution in [-0.2, 0) is 0 Å². The minimum Gasteiger partial charge on any atom is -0.385 e. The number of rotatable bonds is 3. The average Bonchev–Trinajstić information content (AvgIpc) is 2.53. The SMILES string of the molecule is Cc1nc(C)nc(N2CC(C)N(c3ccnc([C@@H](C)O)n3)[C@H](C)C2)n1. The van der Waals surface area contributed by atoms with Crippen molar-refractivity contribution in [1.82, 2.24) is 24.9 Å². The molecule has 8 heteroatoms. The van der Waals surface area contributed by atoms with Crippen LogP contribution in [-0.4, -0.2) is 55.2 Å². The molecule has 0 bridgehead atoms. The van der Waals surface area contributed by atoms with E-state index in [1.807, 2.05) is 19.9 Å². The van der Waals surface area contributed by atoms with Gasteiger partial charge < -0.3 is 14.9 Å². The Morgan fingerprint density at radius 3 is 2.20 bits per heavy atom. The standard InChI is InChI=1S/C17H25N7O/c1-10-8-23(17-20-13(4)19-14(5)21-17)9-11(2)24(10)15-6-7-18-16(22-15)12(3)25/h6-7,10-12,25H,8-9H2,1-5H3/t10-,11?,12-/m1/s1. The molecular weight excluding hydrogens is 318 g/mol. The molecule has 1 N–H and O–H groups in total. The summed E-state index contributed by atoms with van der Waals surface area (Å²) in [7, 11) is 0. The normalized spacial score (nSPS) is 22.2. The zero-order valence-electron chi connectivity index (χ0n) is 15.4. The second-order valence-electron chi connectivity index (χ2n) is 6.69. The van der Waals surface area contributed by atoms with Gasteiger partial charge >= 0.3 is 0 Å². The van der Waals surface area contributed by atoms with Crippen LogP contribution in [0.5, 0.6) is 0 Å². The molecule has 0 amide bonds. The van der Waals surface area contributed by atoms with Gasteiger partial charge in [-0.15, -0.1) is 0 Å². The lowest BCUT2D eigenvalue weighted by atomic mass is 10.1. The number of aliphatic hydroxyl groups is 1. The Bertz CT molecular complexity index is 719. The van der Waals surface area contributed by atoms with Gasteiger partial charge in [0.2, 0.25) is 5.95 Å². The topological polar surface area (TPSA) is 91.2 Å². The van der Waals surface area contributed by atoms with Gasteiger partial charge in [-0.25, -0.2) is 15.0 Å². The summed E-state index contributed by atoms with van der Waals surface area (Å²) in [6.07, 6.45) is 1.03. The highest BCUT2D eigenvalue weighted by Gasteiger charge is 2.32. The van der Waals surface area contributed by atoms with Crippen molar-refractivity contribution in [3.63, 3.8) is 0 Å². The molecule has 25 heavy (non-hydrogen) atoms. The summed E-state index contributed by atoms with van der Waals surface area (Å²) in [6.45, 7) is 11.4. The number of nitrogens with zero attached hydrogens (tertiary/aromatic N) is 7. The fourth-order valence-electron chi connectivity index (χ4n) is 3.39. The summed E-state index contributed by atoms with van der Waals surface area (Å²) in [6, 6.07) is 2.34. The fourth-order valence-corrected chi connectivity index (χ4v) is 3.39. The first-order valence-corrected chi connectivity index (χ1v) is 8.58. The van der Waals surface area contributed by atoms with Crippen LogP contribution in [0, 0.1) is 13.8 Å². The third-order valence-corrected chi connectivity index (χ3v) is 4.35. The van der Waals surface area contributed by atoms with E-state index in [0.29, 0.717) is 5.82 Å². The van der Waals surface area contributed by atoms with E-state index >= 15 is 0 Å². The van der Waals surface area contributed by atoms with E-state index in [4.69, 9.17) is 0 Å². The van der Waals surface area contributed by atoms with Crippen molar-refractivity contribution in [2.45, 2.75) is 52.8 Å². The van der Waals surface area contributed by atoms with Crippen LogP contribution in [0.15, 0.2) is 12.3 Å². The van der Waals surface area contributed by atoms with Gasteiger partial charge in [-0.3, -0.25) is 0 Å². The van der Waals surface area contributed by atoms with Gasteiger partial charge in [0.15, 0.2) is 5.82 Å². The van der Waals surface area contributed by atoms with Crippen LogP contribution in [0.25, 0.3) is 0 Å². The monoisotopic (exact) mass is 343 g/mol. The van der Waals surface area contributed by atoms with Gasteiger partial charge in [-0.2, -0.15) is 9.97 Å². The van der Waals surface area contributed by atoms with Crippen molar-refractivity contribution in [3.05, 3.63) is 29.7 Å². The lowest BCUT2D eigenvalue weighted by molar-refractivity contribution is 0.189. The minimum atomic E-state index is -0.678. The highest BCUT2D eigenvalue weighted by molar-refractivity contribution is 5.45. The van der Waals surface area contributed by atoms with Crippen molar-refractivity contribution in [2.75, 3.05) is 22.9 Å². The first-order valence-electron chi connectivity index (χ1n) is 8.58. The van der Waals surface area contributed by atoms with Gasteiger partial charge in [0.1, 0.15) is 23.6 Å². The number of aliphatic hydroxyl groups excluding tert-OH is 1. The maximum absolute atomic E-state index is 9.75. The first-order chi connectivity index (χ1) is 11.8. The summed E-state index contributed by atoms with van der Waals surface area (Å²) in [5.74, 6) is 3.50. The summed E-state index contributed by atoms with van der Waals surface area (Å²) in [5, 5.41) is 9.75. The molecular formula is C17H25N7O. The van der Waals surface area contributed by atoms with E-state index in [9.17, 15) is 5.11 Å². The number of aromatic nitrogens is 5. The van der Waals surface area contributed by atoms with Crippen LogP contribution in [0.1, 0.15) is 44.3 Å². The van der Waals surface area contributed by atoms with Crippen LogP contribution < -0.4 is 9.80 Å². The molecule has 3 heterocycles. The predicted octanol–water partition coefficient (Wildman–Crippen LogP) is 1.44. The second-order valence-corrected chi connectivity index (χ2v) is 6.69. The Balaban J connectivity index is 1.84. The summed E-state index contributed by atoms with van der Waals surface area (Å²) < 4.78 is 0. The van der Waals surface area contributed by atoms with E-state index < -0.39 is 6.10 Å². The lowest BCUT2D eigenvalue weighted by Crippen LogP contribution is -2.57. The van der Waals surface area contributed by atoms with Crippen molar-refractivity contribution in [2.24, 2.45) is 0 Å². The molecule has 1 aliphatic heterocycles.